The summed E-state index contributed by atoms with van der Waals surface area (Å²) < 4.78 is 1.86. The van der Waals surface area contributed by atoms with Crippen LogP contribution in [0.15, 0.2) is 30.5 Å². The first-order valence-corrected chi connectivity index (χ1v) is 7.85. The quantitative estimate of drug-likeness (QED) is 0.766. The van der Waals surface area contributed by atoms with E-state index in [4.69, 9.17) is 11.6 Å². The van der Waals surface area contributed by atoms with Gasteiger partial charge in [0.1, 0.15) is 0 Å². The second kappa shape index (κ2) is 6.18. The van der Waals surface area contributed by atoms with Crippen LogP contribution in [0.5, 0.6) is 0 Å². The second-order valence-electron chi connectivity index (χ2n) is 5.69. The van der Waals surface area contributed by atoms with Gasteiger partial charge in [-0.05, 0) is 38.5 Å². The summed E-state index contributed by atoms with van der Waals surface area (Å²) in [7, 11) is 0. The maximum atomic E-state index is 9.28. The van der Waals surface area contributed by atoms with Crippen molar-refractivity contribution in [2.75, 3.05) is 5.32 Å². The molecule has 2 aromatic heterocycles. The van der Waals surface area contributed by atoms with Crippen molar-refractivity contribution in [2.45, 2.75) is 33.4 Å². The molecule has 1 atom stereocenters. The Labute approximate surface area is 139 Å². The summed E-state index contributed by atoms with van der Waals surface area (Å²) in [6.07, 6.45) is 1.87. The first-order chi connectivity index (χ1) is 11.0. The van der Waals surface area contributed by atoms with Gasteiger partial charge in [-0.2, -0.15) is 5.10 Å². The highest BCUT2D eigenvalue weighted by Crippen LogP contribution is 2.28. The Morgan fingerprint density at radius 3 is 2.83 bits per heavy atom. The summed E-state index contributed by atoms with van der Waals surface area (Å²) in [5.41, 5.74) is 5.48. The number of aliphatic hydroxyl groups is 1. The second-order valence-corrected chi connectivity index (χ2v) is 6.10. The molecule has 3 aromatic rings. The van der Waals surface area contributed by atoms with Crippen LogP contribution in [0.25, 0.3) is 5.65 Å². The van der Waals surface area contributed by atoms with Gasteiger partial charge in [-0.15, -0.1) is 0 Å². The standard InChI is InChI=1S/C17H19ClN4O/c1-10-6-17-19-8-14(12(3)22(17)21-10)11(2)20-16-7-13(9-23)4-5-15(16)18/h4-8,11,20,23H,9H2,1-3H3. The fourth-order valence-corrected chi connectivity index (χ4v) is 2.87. The topological polar surface area (TPSA) is 62.5 Å². The van der Waals surface area contributed by atoms with Gasteiger partial charge in [-0.3, -0.25) is 0 Å². The van der Waals surface area contributed by atoms with Crippen molar-refractivity contribution in [2.24, 2.45) is 0 Å². The summed E-state index contributed by atoms with van der Waals surface area (Å²) in [4.78, 5) is 4.47. The minimum absolute atomic E-state index is 0.00264. The average Bonchev–Trinajstić information content (AvgIpc) is 2.91. The van der Waals surface area contributed by atoms with Gasteiger partial charge in [0.05, 0.1) is 29.1 Å². The lowest BCUT2D eigenvalue weighted by Gasteiger charge is -2.19. The smallest absolute Gasteiger partial charge is 0.155 e. The third-order valence-electron chi connectivity index (χ3n) is 3.94. The molecule has 0 amide bonds. The van der Waals surface area contributed by atoms with Crippen molar-refractivity contribution in [3.05, 3.63) is 58.0 Å². The third-order valence-corrected chi connectivity index (χ3v) is 4.27. The predicted molar refractivity (Wildman–Crippen MR) is 91.9 cm³/mol. The van der Waals surface area contributed by atoms with Gasteiger partial charge in [-0.1, -0.05) is 17.7 Å². The molecule has 0 aliphatic carbocycles. The lowest BCUT2D eigenvalue weighted by atomic mass is 10.1. The number of anilines is 1. The molecule has 2 N–H and O–H groups in total. The number of benzene rings is 1. The molecule has 0 aliphatic rings. The monoisotopic (exact) mass is 330 g/mol. The number of fused-ring (bicyclic) bond motifs is 1. The number of halogens is 1. The Morgan fingerprint density at radius 2 is 2.09 bits per heavy atom. The molecule has 5 nitrogen and oxygen atoms in total. The maximum Gasteiger partial charge on any atom is 0.155 e. The van der Waals surface area contributed by atoms with Crippen molar-refractivity contribution in [1.29, 1.82) is 0 Å². The molecule has 1 aromatic carbocycles. The fourth-order valence-electron chi connectivity index (χ4n) is 2.69. The molecule has 3 rings (SSSR count). The number of aromatic nitrogens is 3. The zero-order valence-electron chi connectivity index (χ0n) is 13.3. The van der Waals surface area contributed by atoms with Crippen LogP contribution >= 0.6 is 11.6 Å². The molecule has 23 heavy (non-hydrogen) atoms. The molecular formula is C17H19ClN4O. The van der Waals surface area contributed by atoms with Crippen LogP contribution < -0.4 is 5.32 Å². The molecule has 6 heteroatoms. The van der Waals surface area contributed by atoms with Crippen molar-refractivity contribution >= 4 is 22.9 Å². The lowest BCUT2D eigenvalue weighted by Crippen LogP contribution is -2.12. The summed E-state index contributed by atoms with van der Waals surface area (Å²) in [5, 5.41) is 17.8. The molecule has 0 radical (unpaired) electrons. The number of hydrogen-bond donors (Lipinski definition) is 2. The molecular weight excluding hydrogens is 312 g/mol. The van der Waals surface area contributed by atoms with Crippen molar-refractivity contribution < 1.29 is 5.11 Å². The SMILES string of the molecule is Cc1cc2ncc(C(C)Nc3cc(CO)ccc3Cl)c(C)n2n1. The fraction of sp³-hybridized carbons (Fsp3) is 0.294. The molecule has 0 saturated heterocycles. The van der Waals surface area contributed by atoms with Crippen molar-refractivity contribution in [3.63, 3.8) is 0 Å². The first-order valence-electron chi connectivity index (χ1n) is 7.47. The van der Waals surface area contributed by atoms with Crippen LogP contribution in [0.2, 0.25) is 5.02 Å². The summed E-state index contributed by atoms with van der Waals surface area (Å²) in [6.45, 7) is 6.02. The Morgan fingerprint density at radius 1 is 1.30 bits per heavy atom. The minimum Gasteiger partial charge on any atom is -0.392 e. The van der Waals surface area contributed by atoms with E-state index in [-0.39, 0.29) is 12.6 Å². The highest BCUT2D eigenvalue weighted by molar-refractivity contribution is 6.33. The van der Waals surface area contributed by atoms with Gasteiger partial charge < -0.3 is 10.4 Å². The highest BCUT2D eigenvalue weighted by atomic mass is 35.5. The Balaban J connectivity index is 1.94. The number of aliphatic hydroxyl groups excluding tert-OH is 1. The van der Waals surface area contributed by atoms with Gasteiger partial charge in [0.2, 0.25) is 0 Å². The Bertz CT molecular complexity index is 859. The van der Waals surface area contributed by atoms with Gasteiger partial charge in [0, 0.05) is 23.5 Å². The van der Waals surface area contributed by atoms with E-state index in [1.807, 2.05) is 49.7 Å². The third kappa shape index (κ3) is 3.02. The van der Waals surface area contributed by atoms with Crippen molar-refractivity contribution in [1.82, 2.24) is 14.6 Å². The normalized spacial score (nSPS) is 12.6. The number of hydrogen-bond acceptors (Lipinski definition) is 4. The Hall–Kier alpha value is -2.11. The van der Waals surface area contributed by atoms with Crippen LogP contribution in [0.3, 0.4) is 0 Å². The van der Waals surface area contributed by atoms with Crippen LogP contribution in [0, 0.1) is 13.8 Å². The zero-order chi connectivity index (χ0) is 16.6. The maximum absolute atomic E-state index is 9.28. The molecule has 0 bridgehead atoms. The van der Waals surface area contributed by atoms with E-state index in [2.05, 4.69) is 15.4 Å². The zero-order valence-corrected chi connectivity index (χ0v) is 14.1. The molecule has 2 heterocycles. The van der Waals surface area contributed by atoms with Gasteiger partial charge >= 0.3 is 0 Å². The van der Waals surface area contributed by atoms with Crippen LogP contribution in [0.4, 0.5) is 5.69 Å². The molecule has 0 spiro atoms. The van der Waals surface area contributed by atoms with Crippen LogP contribution in [-0.2, 0) is 6.61 Å². The van der Waals surface area contributed by atoms with E-state index in [9.17, 15) is 5.11 Å². The van der Waals surface area contributed by atoms with E-state index in [0.29, 0.717) is 5.02 Å². The highest BCUT2D eigenvalue weighted by Gasteiger charge is 2.14. The molecule has 0 fully saturated rings. The number of aryl methyl sites for hydroxylation is 2. The van der Waals surface area contributed by atoms with Crippen LogP contribution in [0.1, 0.15) is 35.5 Å². The number of nitrogens with zero attached hydrogens (tertiary/aromatic N) is 3. The molecule has 120 valence electrons. The van der Waals surface area contributed by atoms with Gasteiger partial charge in [0.25, 0.3) is 0 Å². The summed E-state index contributed by atoms with van der Waals surface area (Å²) in [6, 6.07) is 7.41. The largest absolute Gasteiger partial charge is 0.392 e. The van der Waals surface area contributed by atoms with Crippen LogP contribution in [-0.4, -0.2) is 19.7 Å². The molecule has 0 saturated carbocycles. The van der Waals surface area contributed by atoms with E-state index in [0.717, 1.165) is 33.8 Å². The van der Waals surface area contributed by atoms with Gasteiger partial charge in [-0.25, -0.2) is 9.50 Å². The van der Waals surface area contributed by atoms with E-state index in [1.54, 1.807) is 6.07 Å². The number of rotatable bonds is 4. The predicted octanol–water partition coefficient (Wildman–Crippen LogP) is 3.66. The lowest BCUT2D eigenvalue weighted by molar-refractivity contribution is 0.282. The van der Waals surface area contributed by atoms with Gasteiger partial charge in [0.15, 0.2) is 5.65 Å². The van der Waals surface area contributed by atoms with Crippen molar-refractivity contribution in [3.8, 4) is 0 Å². The first kappa shape index (κ1) is 15.8. The Kier molecular flexibility index (Phi) is 4.24. The van der Waals surface area contributed by atoms with E-state index >= 15 is 0 Å². The summed E-state index contributed by atoms with van der Waals surface area (Å²) in [5.74, 6) is 0. The molecule has 1 unspecified atom stereocenters. The number of nitrogens with one attached hydrogen (secondary N) is 1. The van der Waals surface area contributed by atoms with E-state index in [1.165, 1.54) is 0 Å². The molecule has 0 aliphatic heterocycles. The average molecular weight is 331 g/mol. The minimum atomic E-state index is -0.0145. The summed E-state index contributed by atoms with van der Waals surface area (Å²) >= 11 is 6.25. The van der Waals surface area contributed by atoms with E-state index < -0.39 is 0 Å².